The van der Waals surface area contributed by atoms with E-state index in [9.17, 15) is 18.0 Å². The summed E-state index contributed by atoms with van der Waals surface area (Å²) in [5, 5.41) is 11.5. The van der Waals surface area contributed by atoms with Gasteiger partial charge in [0.15, 0.2) is 0 Å². The smallest absolute Gasteiger partial charge is 0.371 e. The van der Waals surface area contributed by atoms with E-state index in [1.165, 1.54) is 16.4 Å². The molecule has 1 amide bonds. The van der Waals surface area contributed by atoms with Crippen LogP contribution in [0.5, 0.6) is 0 Å². The van der Waals surface area contributed by atoms with Gasteiger partial charge in [0.2, 0.25) is 21.7 Å². The molecule has 1 aromatic heterocycles. The van der Waals surface area contributed by atoms with E-state index < -0.39 is 16.0 Å². The van der Waals surface area contributed by atoms with Crippen LogP contribution in [0.15, 0.2) is 16.5 Å². The van der Waals surface area contributed by atoms with Gasteiger partial charge >= 0.3 is 5.97 Å². The number of aromatic carboxylic acids is 1. The number of hydrogen-bond acceptors (Lipinski definition) is 5. The van der Waals surface area contributed by atoms with Gasteiger partial charge in [-0.15, -0.1) is 0 Å². The predicted molar refractivity (Wildman–Crippen MR) is 81.3 cm³/mol. The molecule has 2 heterocycles. The summed E-state index contributed by atoms with van der Waals surface area (Å²) >= 11 is 0. The minimum Gasteiger partial charge on any atom is -0.475 e. The maximum absolute atomic E-state index is 12.1. The summed E-state index contributed by atoms with van der Waals surface area (Å²) < 4.78 is 30.0. The van der Waals surface area contributed by atoms with Crippen LogP contribution in [0.2, 0.25) is 0 Å². The van der Waals surface area contributed by atoms with Crippen molar-refractivity contribution in [3.8, 4) is 0 Å². The first kappa shape index (κ1) is 17.5. The Labute approximate surface area is 134 Å². The van der Waals surface area contributed by atoms with Gasteiger partial charge in [-0.05, 0) is 31.9 Å². The van der Waals surface area contributed by atoms with Gasteiger partial charge in [0.25, 0.3) is 0 Å². The Morgan fingerprint density at radius 3 is 2.52 bits per heavy atom. The molecular formula is C14H20N2O6S. The van der Waals surface area contributed by atoms with Crippen molar-refractivity contribution < 1.29 is 27.5 Å². The van der Waals surface area contributed by atoms with Gasteiger partial charge in [0.1, 0.15) is 5.76 Å². The van der Waals surface area contributed by atoms with Crippen molar-refractivity contribution in [2.24, 2.45) is 5.92 Å². The van der Waals surface area contributed by atoms with Crippen LogP contribution in [0.3, 0.4) is 0 Å². The van der Waals surface area contributed by atoms with Crippen molar-refractivity contribution >= 4 is 21.9 Å². The highest BCUT2D eigenvalue weighted by Crippen LogP contribution is 2.20. The van der Waals surface area contributed by atoms with Gasteiger partial charge in [-0.1, -0.05) is 0 Å². The van der Waals surface area contributed by atoms with E-state index in [2.05, 4.69) is 5.32 Å². The number of nitrogens with zero attached hydrogens (tertiary/aromatic N) is 1. The second kappa shape index (κ2) is 7.14. The molecule has 8 nitrogen and oxygen atoms in total. The molecule has 0 atom stereocenters. The number of carboxylic acids is 1. The van der Waals surface area contributed by atoms with Crippen molar-refractivity contribution in [1.82, 2.24) is 9.62 Å². The Hall–Kier alpha value is -1.87. The molecule has 0 saturated carbocycles. The molecule has 0 aromatic carbocycles. The molecule has 0 aliphatic carbocycles. The third-order valence-corrected chi connectivity index (χ3v) is 5.77. The second-order valence-corrected chi connectivity index (χ2v) is 7.62. The summed E-state index contributed by atoms with van der Waals surface area (Å²) in [4.78, 5) is 22.8. The van der Waals surface area contributed by atoms with Crippen LogP contribution in [-0.2, 0) is 21.4 Å². The summed E-state index contributed by atoms with van der Waals surface area (Å²) in [6, 6.07) is 2.83. The van der Waals surface area contributed by atoms with Crippen LogP contribution in [0.1, 0.15) is 36.1 Å². The van der Waals surface area contributed by atoms with Crippen molar-refractivity contribution in [2.45, 2.75) is 26.3 Å². The third-order valence-electron chi connectivity index (χ3n) is 3.89. The van der Waals surface area contributed by atoms with E-state index in [1.54, 1.807) is 6.92 Å². The summed E-state index contributed by atoms with van der Waals surface area (Å²) in [6.45, 7) is 2.40. The van der Waals surface area contributed by atoms with E-state index >= 15 is 0 Å². The normalized spacial score (nSPS) is 17.1. The van der Waals surface area contributed by atoms with Crippen LogP contribution in [0.25, 0.3) is 0 Å². The number of rotatable bonds is 6. The summed E-state index contributed by atoms with van der Waals surface area (Å²) in [5.41, 5.74) is 0. The molecule has 0 bridgehead atoms. The first-order valence-electron chi connectivity index (χ1n) is 7.41. The molecule has 1 saturated heterocycles. The summed E-state index contributed by atoms with van der Waals surface area (Å²) in [6.07, 6.45) is 0.952. The molecule has 1 aliphatic heterocycles. The molecule has 2 rings (SSSR count). The number of amides is 1. The van der Waals surface area contributed by atoms with Gasteiger partial charge in [0, 0.05) is 19.0 Å². The van der Waals surface area contributed by atoms with Crippen LogP contribution < -0.4 is 5.32 Å². The SMILES string of the molecule is CCS(=O)(=O)N1CCC(C(=O)NCc2ccc(C(=O)O)o2)CC1. The molecule has 23 heavy (non-hydrogen) atoms. The number of carbonyl (C=O) groups is 2. The van der Waals surface area contributed by atoms with Crippen LogP contribution in [0.4, 0.5) is 0 Å². The molecule has 1 fully saturated rings. The fourth-order valence-corrected chi connectivity index (χ4v) is 3.62. The summed E-state index contributed by atoms with van der Waals surface area (Å²) in [7, 11) is -3.20. The molecule has 0 unspecified atom stereocenters. The Morgan fingerprint density at radius 2 is 2.00 bits per heavy atom. The van der Waals surface area contributed by atoms with Gasteiger partial charge in [0.05, 0.1) is 12.3 Å². The maximum atomic E-state index is 12.1. The van der Waals surface area contributed by atoms with Crippen molar-refractivity contribution in [1.29, 1.82) is 0 Å². The zero-order valence-electron chi connectivity index (χ0n) is 12.8. The van der Waals surface area contributed by atoms with Crippen molar-refractivity contribution in [3.63, 3.8) is 0 Å². The Kier molecular flexibility index (Phi) is 5.42. The van der Waals surface area contributed by atoms with E-state index in [1.807, 2.05) is 0 Å². The number of carboxylic acid groups (broad SMARTS) is 1. The highest BCUT2D eigenvalue weighted by Gasteiger charge is 2.30. The van der Waals surface area contributed by atoms with E-state index in [0.29, 0.717) is 31.7 Å². The Balaban J connectivity index is 1.82. The number of hydrogen-bond donors (Lipinski definition) is 2. The molecule has 9 heteroatoms. The molecule has 0 radical (unpaired) electrons. The minimum absolute atomic E-state index is 0.0638. The monoisotopic (exact) mass is 344 g/mol. The zero-order valence-corrected chi connectivity index (χ0v) is 13.6. The number of sulfonamides is 1. The molecule has 2 N–H and O–H groups in total. The van der Waals surface area contributed by atoms with E-state index in [0.717, 1.165) is 0 Å². The van der Waals surface area contributed by atoms with E-state index in [-0.39, 0.29) is 29.9 Å². The van der Waals surface area contributed by atoms with Crippen molar-refractivity contribution in [3.05, 3.63) is 23.7 Å². The lowest BCUT2D eigenvalue weighted by Crippen LogP contribution is -2.43. The van der Waals surface area contributed by atoms with Crippen molar-refractivity contribution in [2.75, 3.05) is 18.8 Å². The first-order valence-corrected chi connectivity index (χ1v) is 9.02. The molecule has 128 valence electrons. The largest absolute Gasteiger partial charge is 0.475 e. The van der Waals surface area contributed by atoms with E-state index in [4.69, 9.17) is 9.52 Å². The lowest BCUT2D eigenvalue weighted by atomic mass is 9.97. The fraction of sp³-hybridized carbons (Fsp3) is 0.571. The quantitative estimate of drug-likeness (QED) is 0.783. The highest BCUT2D eigenvalue weighted by atomic mass is 32.2. The molecule has 1 aromatic rings. The molecular weight excluding hydrogens is 324 g/mol. The number of carbonyl (C=O) groups excluding carboxylic acids is 1. The van der Waals surface area contributed by atoms with Gasteiger partial charge < -0.3 is 14.8 Å². The average Bonchev–Trinajstić information content (AvgIpc) is 3.02. The minimum atomic E-state index is -3.20. The standard InChI is InChI=1S/C14H20N2O6S/c1-2-23(20,21)16-7-5-10(6-8-16)13(17)15-9-11-3-4-12(22-11)14(18)19/h3-4,10H,2,5-9H2,1H3,(H,15,17)(H,18,19). The molecule has 1 aliphatic rings. The first-order chi connectivity index (χ1) is 10.8. The van der Waals surface area contributed by atoms with Gasteiger partial charge in [-0.25, -0.2) is 17.5 Å². The molecule has 0 spiro atoms. The fourth-order valence-electron chi connectivity index (χ4n) is 2.49. The maximum Gasteiger partial charge on any atom is 0.371 e. The zero-order chi connectivity index (χ0) is 17.0. The highest BCUT2D eigenvalue weighted by molar-refractivity contribution is 7.89. The average molecular weight is 344 g/mol. The second-order valence-electron chi connectivity index (χ2n) is 5.36. The lowest BCUT2D eigenvalue weighted by Gasteiger charge is -2.30. The topological polar surface area (TPSA) is 117 Å². The van der Waals surface area contributed by atoms with Gasteiger partial charge in [-0.2, -0.15) is 0 Å². The number of furan rings is 1. The van der Waals surface area contributed by atoms with Gasteiger partial charge in [-0.3, -0.25) is 4.79 Å². The summed E-state index contributed by atoms with van der Waals surface area (Å²) in [5.74, 6) is -1.32. The number of nitrogens with one attached hydrogen (secondary N) is 1. The van der Waals surface area contributed by atoms with Crippen LogP contribution in [-0.4, -0.2) is 48.5 Å². The Morgan fingerprint density at radius 1 is 1.35 bits per heavy atom. The van der Waals surface area contributed by atoms with Crippen LogP contribution in [0, 0.1) is 5.92 Å². The third kappa shape index (κ3) is 4.32. The number of piperidine rings is 1. The predicted octanol–water partition coefficient (Wildman–Crippen LogP) is 0.656. The Bertz CT molecular complexity index is 673. The lowest BCUT2D eigenvalue weighted by molar-refractivity contribution is -0.126. The van der Waals surface area contributed by atoms with Crippen LogP contribution >= 0.6 is 0 Å².